The van der Waals surface area contributed by atoms with Crippen LogP contribution >= 0.6 is 7.82 Å². The molecule has 37 heavy (non-hydrogen) atoms. The number of esters is 1. The van der Waals surface area contributed by atoms with Gasteiger partial charge in [0.05, 0.1) is 6.61 Å². The van der Waals surface area contributed by atoms with E-state index in [1.54, 1.807) is 31.1 Å². The molecular weight excluding hydrogens is 493 g/mol. The van der Waals surface area contributed by atoms with Crippen molar-refractivity contribution in [1.82, 2.24) is 4.90 Å². The first-order chi connectivity index (χ1) is 17.4. The molecule has 0 amide bonds. The summed E-state index contributed by atoms with van der Waals surface area (Å²) in [6.45, 7) is 10.5. The third-order valence-electron chi connectivity index (χ3n) is 7.24. The summed E-state index contributed by atoms with van der Waals surface area (Å²) in [5.41, 5.74) is 1.90. The van der Waals surface area contributed by atoms with Gasteiger partial charge < -0.3 is 24.2 Å². The Morgan fingerprint density at radius 1 is 1.32 bits per heavy atom. The third kappa shape index (κ3) is 7.33. The summed E-state index contributed by atoms with van der Waals surface area (Å²) in [5.74, 6) is -0.641. The smallest absolute Gasteiger partial charge is 0.344 e. The zero-order valence-electron chi connectivity index (χ0n) is 22.7. The van der Waals surface area contributed by atoms with E-state index in [0.717, 1.165) is 30.4 Å². The summed E-state index contributed by atoms with van der Waals surface area (Å²) in [6, 6.07) is 3.50. The van der Waals surface area contributed by atoms with E-state index in [0.29, 0.717) is 24.9 Å². The van der Waals surface area contributed by atoms with E-state index < -0.39 is 19.4 Å². The monoisotopic (exact) mass is 534 g/mol. The maximum Gasteiger partial charge on any atom is 0.344 e. The lowest BCUT2D eigenvalue weighted by atomic mass is 9.73. The molecule has 3 rings (SSSR count). The van der Waals surface area contributed by atoms with Crippen LogP contribution in [0.5, 0.6) is 11.5 Å². The Hall–Kier alpha value is -1.96. The Morgan fingerprint density at radius 2 is 2.03 bits per heavy atom. The quantitative estimate of drug-likeness (QED) is 0.168. The van der Waals surface area contributed by atoms with Crippen LogP contribution < -0.4 is 9.63 Å². The van der Waals surface area contributed by atoms with Gasteiger partial charge in [-0.05, 0) is 90.1 Å². The fraction of sp³-hybridized carbons (Fsp3) is 0.607. The van der Waals surface area contributed by atoms with Crippen LogP contribution in [0.25, 0.3) is 0 Å². The number of phenolic OH excluding ortho intramolecular Hbond substituents is 1. The molecular formula is C28H41NO7P-. The Labute approximate surface area is 220 Å². The zero-order chi connectivity index (χ0) is 27.4. The number of likely N-dealkylation sites (N-methyl/N-ethyl adjacent to an activating group) is 1. The number of phosphoric acid groups is 1. The summed E-state index contributed by atoms with van der Waals surface area (Å²) < 4.78 is 28.8. The second-order valence-corrected chi connectivity index (χ2v) is 12.1. The van der Waals surface area contributed by atoms with E-state index >= 15 is 0 Å². The highest BCUT2D eigenvalue weighted by Gasteiger charge is 2.50. The van der Waals surface area contributed by atoms with Crippen LogP contribution in [0.4, 0.5) is 0 Å². The molecule has 0 bridgehead atoms. The molecule has 2 aliphatic rings. The number of rotatable bonds is 12. The minimum atomic E-state index is -4.74. The van der Waals surface area contributed by atoms with Crippen LogP contribution in [0.2, 0.25) is 0 Å². The molecule has 0 spiro atoms. The van der Waals surface area contributed by atoms with Crippen LogP contribution in [0, 0.1) is 5.92 Å². The van der Waals surface area contributed by atoms with Crippen molar-refractivity contribution in [1.29, 1.82) is 0 Å². The van der Waals surface area contributed by atoms with Gasteiger partial charge in [0.2, 0.25) is 0 Å². The normalized spacial score (nSPS) is 22.6. The average Bonchev–Trinajstić information content (AvgIpc) is 2.75. The molecule has 206 valence electrons. The number of nitrogens with zero attached hydrogens (tertiary/aromatic N) is 1. The summed E-state index contributed by atoms with van der Waals surface area (Å²) in [7, 11) is -1.15. The molecule has 0 aromatic heterocycles. The highest BCUT2D eigenvalue weighted by molar-refractivity contribution is 7.46. The van der Waals surface area contributed by atoms with Crippen LogP contribution in [0.1, 0.15) is 76.3 Å². The molecule has 1 saturated carbocycles. The molecule has 0 radical (unpaired) electrons. The molecule has 8 nitrogen and oxygen atoms in total. The van der Waals surface area contributed by atoms with Gasteiger partial charge in [-0.1, -0.05) is 37.1 Å². The number of benzene rings is 1. The van der Waals surface area contributed by atoms with Crippen molar-refractivity contribution in [2.45, 2.75) is 77.2 Å². The Kier molecular flexibility index (Phi) is 9.81. The van der Waals surface area contributed by atoms with Crippen LogP contribution in [0.15, 0.2) is 35.9 Å². The van der Waals surface area contributed by atoms with Gasteiger partial charge in [0.1, 0.15) is 11.5 Å². The van der Waals surface area contributed by atoms with Crippen LogP contribution in [0.3, 0.4) is 0 Å². The fourth-order valence-electron chi connectivity index (χ4n) is 5.03. The van der Waals surface area contributed by atoms with Gasteiger partial charge in [0, 0.05) is 18.0 Å². The van der Waals surface area contributed by atoms with Gasteiger partial charge in [-0.15, -0.1) is 0 Å². The number of phenols is 1. The summed E-state index contributed by atoms with van der Waals surface area (Å²) >= 11 is 0. The SMILES string of the molecule is C=C(C)[C@@H]1CCC(C)=C[C@H]1c1c(O)cc(CCC)cc1OC(=O)C1(OP(=O)([O-])OCCN(C)C)CCC1. The highest BCUT2D eigenvalue weighted by atomic mass is 31.2. The molecule has 1 aromatic carbocycles. The maximum atomic E-state index is 13.5. The maximum absolute atomic E-state index is 13.5. The second-order valence-electron chi connectivity index (χ2n) is 10.7. The number of ether oxygens (including phenoxy) is 1. The molecule has 0 aliphatic heterocycles. The van der Waals surface area contributed by atoms with Crippen molar-refractivity contribution in [2.24, 2.45) is 5.92 Å². The zero-order valence-corrected chi connectivity index (χ0v) is 23.6. The lowest BCUT2D eigenvalue weighted by Crippen LogP contribution is -2.50. The highest BCUT2D eigenvalue weighted by Crippen LogP contribution is 2.52. The Morgan fingerprint density at radius 3 is 2.59 bits per heavy atom. The first-order valence-electron chi connectivity index (χ1n) is 13.1. The van der Waals surface area contributed by atoms with Crippen molar-refractivity contribution in [3.8, 4) is 11.5 Å². The molecule has 3 atom stereocenters. The first kappa shape index (κ1) is 29.6. The molecule has 1 N–H and O–H groups in total. The van der Waals surface area contributed by atoms with Gasteiger partial charge in [0.15, 0.2) is 5.60 Å². The predicted octanol–water partition coefficient (Wildman–Crippen LogP) is 5.25. The van der Waals surface area contributed by atoms with E-state index in [-0.39, 0.29) is 42.8 Å². The average molecular weight is 535 g/mol. The van der Waals surface area contributed by atoms with Gasteiger partial charge in [-0.3, -0.25) is 9.09 Å². The van der Waals surface area contributed by atoms with Crippen molar-refractivity contribution < 1.29 is 33.1 Å². The van der Waals surface area contributed by atoms with E-state index in [1.807, 2.05) is 13.8 Å². The topological polar surface area (TPSA) is 108 Å². The Balaban J connectivity index is 1.94. The third-order valence-corrected chi connectivity index (χ3v) is 8.31. The molecule has 0 heterocycles. The van der Waals surface area contributed by atoms with Crippen molar-refractivity contribution >= 4 is 13.8 Å². The number of carbonyl (C=O) groups excluding carboxylic acids is 1. The minimum Gasteiger partial charge on any atom is -0.756 e. The van der Waals surface area contributed by atoms with E-state index in [9.17, 15) is 19.4 Å². The molecule has 1 aromatic rings. The van der Waals surface area contributed by atoms with E-state index in [4.69, 9.17) is 13.8 Å². The molecule has 1 unspecified atom stereocenters. The molecule has 9 heteroatoms. The fourth-order valence-corrected chi connectivity index (χ4v) is 6.07. The van der Waals surface area contributed by atoms with Crippen LogP contribution in [-0.2, 0) is 24.8 Å². The lowest BCUT2D eigenvalue weighted by Gasteiger charge is -2.42. The number of aromatic hydroxyl groups is 1. The summed E-state index contributed by atoms with van der Waals surface area (Å²) in [5, 5.41) is 11.2. The van der Waals surface area contributed by atoms with Crippen LogP contribution in [-0.4, -0.2) is 48.8 Å². The van der Waals surface area contributed by atoms with Gasteiger partial charge in [-0.25, -0.2) is 4.79 Å². The number of carbonyl (C=O) groups is 1. The van der Waals surface area contributed by atoms with Crippen molar-refractivity contribution in [3.63, 3.8) is 0 Å². The number of aryl methyl sites for hydroxylation is 1. The lowest BCUT2D eigenvalue weighted by molar-refractivity contribution is -0.243. The number of allylic oxidation sites excluding steroid dienone is 3. The summed E-state index contributed by atoms with van der Waals surface area (Å²) in [4.78, 5) is 27.8. The van der Waals surface area contributed by atoms with Gasteiger partial charge in [0.25, 0.3) is 7.82 Å². The Bertz CT molecular complexity index is 1080. The number of phosphoric ester groups is 1. The second kappa shape index (κ2) is 12.3. The number of hydrogen-bond donors (Lipinski definition) is 1. The molecule has 2 aliphatic carbocycles. The van der Waals surface area contributed by atoms with Crippen molar-refractivity contribution in [2.75, 3.05) is 27.2 Å². The summed E-state index contributed by atoms with van der Waals surface area (Å²) in [6.07, 6.45) is 6.50. The van der Waals surface area contributed by atoms with Gasteiger partial charge >= 0.3 is 5.97 Å². The predicted molar refractivity (Wildman–Crippen MR) is 142 cm³/mol. The molecule has 0 saturated heterocycles. The standard InChI is InChI=1S/C28H42NO7P/c1-7-9-21-17-24(30)26(23-16-20(4)10-11-22(23)19(2)3)25(18-21)35-27(31)28(12-8-13-28)36-37(32,33)34-15-14-29(5)6/h16-18,22-23,30H,2,7-15H2,1,3-6H3,(H,32,33)/p-1/t22-,23+/m0/s1. The van der Waals surface area contributed by atoms with E-state index in [2.05, 4.69) is 19.6 Å². The van der Waals surface area contributed by atoms with Crippen molar-refractivity contribution in [3.05, 3.63) is 47.1 Å². The first-order valence-corrected chi connectivity index (χ1v) is 14.6. The number of hydrogen-bond acceptors (Lipinski definition) is 8. The molecule has 1 fully saturated rings. The minimum absolute atomic E-state index is 0.0565. The van der Waals surface area contributed by atoms with E-state index in [1.165, 1.54) is 5.57 Å². The van der Waals surface area contributed by atoms with Gasteiger partial charge in [-0.2, -0.15) is 0 Å². The largest absolute Gasteiger partial charge is 0.756 e.